The molecule has 0 aliphatic carbocycles. The van der Waals surface area contributed by atoms with Crippen LogP contribution in [0.4, 0.5) is 11.4 Å². The highest BCUT2D eigenvalue weighted by atomic mass is 35.5. The standard InChI is InChI=1S/C15H13ClN2O3/c1-8-6-9(2-5-12(8)16)14(19)18-13-7-10(17)3-4-11(13)15(20)21/h2-7H,17H2,1H3,(H,18,19)(H,20,21). The first-order chi connectivity index (χ1) is 9.88. The Morgan fingerprint density at radius 3 is 2.52 bits per heavy atom. The number of anilines is 2. The van der Waals surface area contributed by atoms with Gasteiger partial charge in [-0.25, -0.2) is 4.79 Å². The number of nitrogens with one attached hydrogen (secondary N) is 1. The van der Waals surface area contributed by atoms with Crippen LogP contribution < -0.4 is 11.1 Å². The number of aromatic carboxylic acids is 1. The number of aryl methyl sites for hydroxylation is 1. The largest absolute Gasteiger partial charge is 0.478 e. The van der Waals surface area contributed by atoms with Crippen molar-refractivity contribution in [1.82, 2.24) is 0 Å². The third-order valence-corrected chi connectivity index (χ3v) is 3.37. The van der Waals surface area contributed by atoms with Crippen LogP contribution in [0.1, 0.15) is 26.3 Å². The lowest BCUT2D eigenvalue weighted by Crippen LogP contribution is -2.15. The number of amides is 1. The summed E-state index contributed by atoms with van der Waals surface area (Å²) in [6.07, 6.45) is 0. The lowest BCUT2D eigenvalue weighted by atomic mass is 10.1. The summed E-state index contributed by atoms with van der Waals surface area (Å²) in [6.45, 7) is 1.78. The number of carboxylic acids is 1. The number of nitrogens with two attached hydrogens (primary N) is 1. The van der Waals surface area contributed by atoms with Crippen molar-refractivity contribution >= 4 is 34.9 Å². The highest BCUT2D eigenvalue weighted by Crippen LogP contribution is 2.21. The van der Waals surface area contributed by atoms with Gasteiger partial charge in [0, 0.05) is 16.3 Å². The highest BCUT2D eigenvalue weighted by Gasteiger charge is 2.14. The van der Waals surface area contributed by atoms with Gasteiger partial charge in [0.1, 0.15) is 0 Å². The minimum Gasteiger partial charge on any atom is -0.478 e. The molecule has 0 aliphatic heterocycles. The summed E-state index contributed by atoms with van der Waals surface area (Å²) < 4.78 is 0. The molecule has 0 fully saturated rings. The Morgan fingerprint density at radius 1 is 1.19 bits per heavy atom. The zero-order valence-corrected chi connectivity index (χ0v) is 11.9. The van der Waals surface area contributed by atoms with Gasteiger partial charge in [0.25, 0.3) is 5.91 Å². The normalized spacial score (nSPS) is 10.2. The second-order valence-corrected chi connectivity index (χ2v) is 4.94. The molecular formula is C15H13ClN2O3. The number of carbonyl (C=O) groups excluding carboxylic acids is 1. The lowest BCUT2D eigenvalue weighted by Gasteiger charge is -2.10. The summed E-state index contributed by atoms with van der Waals surface area (Å²) >= 11 is 5.91. The second-order valence-electron chi connectivity index (χ2n) is 4.53. The molecule has 2 rings (SSSR count). The lowest BCUT2D eigenvalue weighted by molar-refractivity contribution is 0.0698. The monoisotopic (exact) mass is 304 g/mol. The van der Waals surface area contributed by atoms with Crippen LogP contribution in [0.5, 0.6) is 0 Å². The Balaban J connectivity index is 2.33. The van der Waals surface area contributed by atoms with Crippen LogP contribution in [0.3, 0.4) is 0 Å². The van der Waals surface area contributed by atoms with Crippen LogP contribution in [0.2, 0.25) is 5.02 Å². The van der Waals surface area contributed by atoms with Crippen molar-refractivity contribution in [1.29, 1.82) is 0 Å². The van der Waals surface area contributed by atoms with Crippen LogP contribution in [0.15, 0.2) is 36.4 Å². The quantitative estimate of drug-likeness (QED) is 0.759. The van der Waals surface area contributed by atoms with Gasteiger partial charge in [0.2, 0.25) is 0 Å². The van der Waals surface area contributed by atoms with Gasteiger partial charge in [0.05, 0.1) is 11.3 Å². The molecule has 0 aromatic heterocycles. The molecule has 2 aromatic carbocycles. The summed E-state index contributed by atoms with van der Waals surface area (Å²) in [5.74, 6) is -1.57. The number of carboxylic acid groups (broad SMARTS) is 1. The number of halogens is 1. The fraction of sp³-hybridized carbons (Fsp3) is 0.0667. The molecule has 0 bridgehead atoms. The predicted molar refractivity (Wildman–Crippen MR) is 82.0 cm³/mol. The van der Waals surface area contributed by atoms with E-state index < -0.39 is 11.9 Å². The molecule has 4 N–H and O–H groups in total. The minimum atomic E-state index is -1.14. The maximum Gasteiger partial charge on any atom is 0.337 e. The molecule has 0 unspecified atom stereocenters. The predicted octanol–water partition coefficient (Wildman–Crippen LogP) is 3.18. The molecule has 0 heterocycles. The Kier molecular flexibility index (Phi) is 4.14. The molecule has 1 amide bonds. The molecule has 2 aromatic rings. The first kappa shape index (κ1) is 14.9. The molecule has 5 nitrogen and oxygen atoms in total. The Labute approximate surface area is 126 Å². The molecule has 0 aliphatic rings. The Bertz CT molecular complexity index is 729. The molecule has 6 heteroatoms. The topological polar surface area (TPSA) is 92.4 Å². The van der Waals surface area contributed by atoms with Crippen LogP contribution in [0, 0.1) is 6.92 Å². The Morgan fingerprint density at radius 2 is 1.90 bits per heavy atom. The molecule has 0 spiro atoms. The number of hydrogen-bond donors (Lipinski definition) is 3. The summed E-state index contributed by atoms with van der Waals surface area (Å²) in [7, 11) is 0. The van der Waals surface area contributed by atoms with E-state index in [4.69, 9.17) is 22.4 Å². The summed E-state index contributed by atoms with van der Waals surface area (Å²) in [5, 5.41) is 12.2. The van der Waals surface area contributed by atoms with Crippen molar-refractivity contribution in [3.05, 3.63) is 58.1 Å². The van der Waals surface area contributed by atoms with Crippen LogP contribution in [0.25, 0.3) is 0 Å². The average molecular weight is 305 g/mol. The van der Waals surface area contributed by atoms with Crippen LogP contribution in [-0.4, -0.2) is 17.0 Å². The molecule has 0 saturated heterocycles. The van der Waals surface area contributed by atoms with E-state index in [9.17, 15) is 9.59 Å². The first-order valence-corrected chi connectivity index (χ1v) is 6.46. The summed E-state index contributed by atoms with van der Waals surface area (Å²) in [5.41, 5.74) is 7.26. The number of benzene rings is 2. The van der Waals surface area contributed by atoms with Crippen molar-refractivity contribution in [2.75, 3.05) is 11.1 Å². The van der Waals surface area contributed by atoms with Gasteiger partial charge in [0.15, 0.2) is 0 Å². The molecular weight excluding hydrogens is 292 g/mol. The molecule has 0 radical (unpaired) electrons. The average Bonchev–Trinajstić information content (AvgIpc) is 2.41. The second kappa shape index (κ2) is 5.85. The van der Waals surface area contributed by atoms with E-state index in [2.05, 4.69) is 5.32 Å². The molecule has 0 saturated carbocycles. The van der Waals surface area contributed by atoms with Crippen molar-refractivity contribution in [3.63, 3.8) is 0 Å². The van der Waals surface area contributed by atoms with Crippen molar-refractivity contribution in [3.8, 4) is 0 Å². The van der Waals surface area contributed by atoms with Gasteiger partial charge in [-0.3, -0.25) is 4.79 Å². The number of nitrogen functional groups attached to an aromatic ring is 1. The maximum absolute atomic E-state index is 12.2. The SMILES string of the molecule is Cc1cc(C(=O)Nc2cc(N)ccc2C(=O)O)ccc1Cl. The maximum atomic E-state index is 12.2. The van der Waals surface area contributed by atoms with Crippen molar-refractivity contribution in [2.45, 2.75) is 6.92 Å². The van der Waals surface area contributed by atoms with Gasteiger partial charge in [-0.2, -0.15) is 0 Å². The minimum absolute atomic E-state index is 0.0248. The highest BCUT2D eigenvalue weighted by molar-refractivity contribution is 6.31. The zero-order chi connectivity index (χ0) is 15.6. The zero-order valence-electron chi connectivity index (χ0n) is 11.2. The van der Waals surface area contributed by atoms with Crippen LogP contribution >= 0.6 is 11.6 Å². The van der Waals surface area contributed by atoms with Gasteiger partial charge >= 0.3 is 5.97 Å². The summed E-state index contributed by atoms with van der Waals surface area (Å²) in [6, 6.07) is 9.03. The number of hydrogen-bond acceptors (Lipinski definition) is 3. The first-order valence-electron chi connectivity index (χ1n) is 6.09. The van der Waals surface area contributed by atoms with Gasteiger partial charge in [-0.15, -0.1) is 0 Å². The van der Waals surface area contributed by atoms with E-state index in [1.54, 1.807) is 25.1 Å². The van der Waals surface area contributed by atoms with E-state index in [0.717, 1.165) is 5.56 Å². The fourth-order valence-electron chi connectivity index (χ4n) is 1.83. The molecule has 21 heavy (non-hydrogen) atoms. The fourth-order valence-corrected chi connectivity index (χ4v) is 1.95. The number of rotatable bonds is 3. The van der Waals surface area contributed by atoms with E-state index in [-0.39, 0.29) is 11.3 Å². The van der Waals surface area contributed by atoms with E-state index in [0.29, 0.717) is 16.3 Å². The van der Waals surface area contributed by atoms with Gasteiger partial charge in [-0.1, -0.05) is 11.6 Å². The third-order valence-electron chi connectivity index (χ3n) is 2.94. The molecule has 0 atom stereocenters. The third kappa shape index (κ3) is 3.32. The van der Waals surface area contributed by atoms with Crippen molar-refractivity contribution < 1.29 is 14.7 Å². The molecule has 108 valence electrons. The summed E-state index contributed by atoms with van der Waals surface area (Å²) in [4.78, 5) is 23.3. The van der Waals surface area contributed by atoms with Crippen LogP contribution in [-0.2, 0) is 0 Å². The van der Waals surface area contributed by atoms with E-state index in [1.807, 2.05) is 0 Å². The van der Waals surface area contributed by atoms with Gasteiger partial charge in [-0.05, 0) is 48.9 Å². The van der Waals surface area contributed by atoms with Gasteiger partial charge < -0.3 is 16.2 Å². The van der Waals surface area contributed by atoms with Crippen molar-refractivity contribution in [2.24, 2.45) is 0 Å². The number of carbonyl (C=O) groups is 2. The van der Waals surface area contributed by atoms with E-state index >= 15 is 0 Å². The Hall–Kier alpha value is -2.53. The smallest absolute Gasteiger partial charge is 0.337 e. The van der Waals surface area contributed by atoms with E-state index in [1.165, 1.54) is 18.2 Å².